The number of nitrogens with one attached hydrogen (secondary N) is 1. The number of carbonyl (C=O) groups excluding carboxylic acids is 2. The maximum Gasteiger partial charge on any atom is 0.253 e. The van der Waals surface area contributed by atoms with Gasteiger partial charge in [0.1, 0.15) is 0 Å². The van der Waals surface area contributed by atoms with Crippen molar-refractivity contribution >= 4 is 23.6 Å². The number of thioether (sulfide) groups is 1. The van der Waals surface area contributed by atoms with Crippen LogP contribution in [0.25, 0.3) is 0 Å². The van der Waals surface area contributed by atoms with Crippen molar-refractivity contribution in [3.63, 3.8) is 0 Å². The van der Waals surface area contributed by atoms with Crippen molar-refractivity contribution < 1.29 is 9.59 Å². The van der Waals surface area contributed by atoms with Gasteiger partial charge in [-0.05, 0) is 51.9 Å². The number of hydrogen-bond donors (Lipinski definition) is 1. The van der Waals surface area contributed by atoms with Gasteiger partial charge in [0.05, 0.1) is 11.6 Å². The molecule has 3 rings (SSSR count). The molecule has 1 aromatic rings. The summed E-state index contributed by atoms with van der Waals surface area (Å²) in [5.41, 5.74) is 0.657. The minimum Gasteiger partial charge on any atom is -0.348 e. The van der Waals surface area contributed by atoms with Gasteiger partial charge in [-0.25, -0.2) is 0 Å². The Labute approximate surface area is 160 Å². The van der Waals surface area contributed by atoms with Gasteiger partial charge >= 0.3 is 0 Å². The van der Waals surface area contributed by atoms with E-state index in [1.165, 1.54) is 12.8 Å². The smallest absolute Gasteiger partial charge is 0.253 e. The summed E-state index contributed by atoms with van der Waals surface area (Å²) in [7, 11) is 0. The second-order valence-corrected chi connectivity index (χ2v) is 9.59. The van der Waals surface area contributed by atoms with E-state index in [1.54, 1.807) is 11.8 Å². The van der Waals surface area contributed by atoms with Crippen LogP contribution < -0.4 is 5.32 Å². The molecular weight excluding hydrogens is 346 g/mol. The normalized spacial score (nSPS) is 23.3. The van der Waals surface area contributed by atoms with Crippen LogP contribution in [0.3, 0.4) is 0 Å². The molecule has 1 aliphatic carbocycles. The summed E-state index contributed by atoms with van der Waals surface area (Å²) in [4.78, 5) is 27.1. The van der Waals surface area contributed by atoms with Crippen LogP contribution in [0, 0.1) is 11.8 Å². The average molecular weight is 378 g/mol. The SMILES string of the molecule is CSCCC(=O)N1C[C@@H](NC(=O)c2ccn(C(C)(C)C)c2)[C@H](C2CC2)C1. The van der Waals surface area contributed by atoms with Crippen LogP contribution in [0.5, 0.6) is 0 Å². The van der Waals surface area contributed by atoms with Crippen LogP contribution in [0.2, 0.25) is 0 Å². The Morgan fingerprint density at radius 3 is 2.58 bits per heavy atom. The van der Waals surface area contributed by atoms with E-state index in [0.717, 1.165) is 12.3 Å². The summed E-state index contributed by atoms with van der Waals surface area (Å²) in [6.07, 6.45) is 8.94. The van der Waals surface area contributed by atoms with Crippen molar-refractivity contribution in [3.05, 3.63) is 24.0 Å². The zero-order valence-corrected chi connectivity index (χ0v) is 17.1. The maximum absolute atomic E-state index is 12.7. The lowest BCUT2D eigenvalue weighted by atomic mass is 9.98. The fourth-order valence-corrected chi connectivity index (χ4v) is 4.11. The van der Waals surface area contributed by atoms with E-state index in [-0.39, 0.29) is 23.4 Å². The van der Waals surface area contributed by atoms with Gasteiger partial charge in [-0.1, -0.05) is 0 Å². The van der Waals surface area contributed by atoms with E-state index < -0.39 is 0 Å². The molecule has 5 nitrogen and oxygen atoms in total. The molecule has 2 amide bonds. The van der Waals surface area contributed by atoms with Crippen molar-refractivity contribution in [2.45, 2.75) is 51.6 Å². The van der Waals surface area contributed by atoms with Crippen LogP contribution >= 0.6 is 11.8 Å². The molecule has 2 atom stereocenters. The van der Waals surface area contributed by atoms with Gasteiger partial charge in [0, 0.05) is 49.1 Å². The Morgan fingerprint density at radius 1 is 1.27 bits per heavy atom. The van der Waals surface area contributed by atoms with E-state index in [1.807, 2.05) is 29.6 Å². The highest BCUT2D eigenvalue weighted by atomic mass is 32.2. The van der Waals surface area contributed by atoms with Crippen LogP contribution in [0.15, 0.2) is 18.5 Å². The first-order valence-corrected chi connectivity index (χ1v) is 10.9. The van der Waals surface area contributed by atoms with E-state index >= 15 is 0 Å². The molecule has 6 heteroatoms. The van der Waals surface area contributed by atoms with E-state index in [4.69, 9.17) is 0 Å². The third-order valence-electron chi connectivity index (χ3n) is 5.51. The molecule has 2 fully saturated rings. The highest BCUT2D eigenvalue weighted by molar-refractivity contribution is 7.98. The Bertz CT molecular complexity index is 660. The van der Waals surface area contributed by atoms with Gasteiger partial charge in [0.25, 0.3) is 5.91 Å². The first-order valence-electron chi connectivity index (χ1n) is 9.55. The van der Waals surface area contributed by atoms with Crippen LogP contribution in [-0.4, -0.2) is 52.4 Å². The highest BCUT2D eigenvalue weighted by Gasteiger charge is 2.44. The summed E-state index contributed by atoms with van der Waals surface area (Å²) >= 11 is 1.70. The molecule has 144 valence electrons. The molecule has 0 unspecified atom stereocenters. The first-order chi connectivity index (χ1) is 12.3. The number of rotatable bonds is 6. The molecule has 1 N–H and O–H groups in total. The number of nitrogens with zero attached hydrogens (tertiary/aromatic N) is 2. The molecule has 0 spiro atoms. The lowest BCUT2D eigenvalue weighted by Crippen LogP contribution is -2.41. The van der Waals surface area contributed by atoms with E-state index in [2.05, 4.69) is 30.7 Å². The van der Waals surface area contributed by atoms with E-state index in [9.17, 15) is 9.59 Å². The molecule has 1 aliphatic heterocycles. The Morgan fingerprint density at radius 2 is 2.00 bits per heavy atom. The van der Waals surface area contributed by atoms with Crippen molar-refractivity contribution in [2.24, 2.45) is 11.8 Å². The summed E-state index contributed by atoms with van der Waals surface area (Å²) in [5.74, 6) is 2.13. The molecule has 1 saturated carbocycles. The van der Waals surface area contributed by atoms with Crippen LogP contribution in [0.4, 0.5) is 0 Å². The largest absolute Gasteiger partial charge is 0.348 e. The second kappa shape index (κ2) is 7.67. The molecule has 2 aliphatic rings. The minimum atomic E-state index is -0.0387. The van der Waals surface area contributed by atoms with Crippen LogP contribution in [-0.2, 0) is 10.3 Å². The quantitative estimate of drug-likeness (QED) is 0.829. The monoisotopic (exact) mass is 377 g/mol. The average Bonchev–Trinajstić information content (AvgIpc) is 3.12. The van der Waals surface area contributed by atoms with E-state index in [0.29, 0.717) is 30.4 Å². The van der Waals surface area contributed by atoms with Gasteiger partial charge in [0.2, 0.25) is 5.91 Å². The number of amides is 2. The molecule has 1 saturated heterocycles. The predicted octanol–water partition coefficient (Wildman–Crippen LogP) is 2.96. The van der Waals surface area contributed by atoms with Crippen molar-refractivity contribution in [1.82, 2.24) is 14.8 Å². The summed E-state index contributed by atoms with van der Waals surface area (Å²) in [5, 5.41) is 3.22. The molecule has 0 radical (unpaired) electrons. The number of hydrogen-bond acceptors (Lipinski definition) is 3. The first kappa shape index (κ1) is 19.3. The summed E-state index contributed by atoms with van der Waals surface area (Å²) < 4.78 is 2.06. The Balaban J connectivity index is 1.64. The maximum atomic E-state index is 12.7. The lowest BCUT2D eigenvalue weighted by Gasteiger charge is -2.21. The Hall–Kier alpha value is -1.43. The van der Waals surface area contributed by atoms with Gasteiger partial charge < -0.3 is 14.8 Å². The van der Waals surface area contributed by atoms with Crippen molar-refractivity contribution in [2.75, 3.05) is 25.1 Å². The predicted molar refractivity (Wildman–Crippen MR) is 106 cm³/mol. The molecular formula is C20H31N3O2S. The molecule has 1 aromatic heterocycles. The van der Waals surface area contributed by atoms with Crippen molar-refractivity contribution in [3.8, 4) is 0 Å². The van der Waals surface area contributed by atoms with Gasteiger partial charge in [0.15, 0.2) is 0 Å². The molecule has 26 heavy (non-hydrogen) atoms. The topological polar surface area (TPSA) is 54.3 Å². The number of carbonyl (C=O) groups is 2. The van der Waals surface area contributed by atoms with Crippen LogP contribution in [0.1, 0.15) is 50.4 Å². The van der Waals surface area contributed by atoms with Crippen molar-refractivity contribution in [1.29, 1.82) is 0 Å². The van der Waals surface area contributed by atoms with Gasteiger partial charge in [-0.3, -0.25) is 9.59 Å². The second-order valence-electron chi connectivity index (χ2n) is 8.60. The third kappa shape index (κ3) is 4.45. The zero-order valence-electron chi connectivity index (χ0n) is 16.3. The third-order valence-corrected chi connectivity index (χ3v) is 6.12. The number of aromatic nitrogens is 1. The lowest BCUT2D eigenvalue weighted by molar-refractivity contribution is -0.129. The summed E-state index contributed by atoms with van der Waals surface area (Å²) in [6, 6.07) is 1.95. The number of likely N-dealkylation sites (tertiary alicyclic amines) is 1. The Kier molecular flexibility index (Phi) is 5.70. The fourth-order valence-electron chi connectivity index (χ4n) is 3.73. The molecule has 2 heterocycles. The summed E-state index contributed by atoms with van der Waals surface area (Å²) in [6.45, 7) is 7.80. The highest BCUT2D eigenvalue weighted by Crippen LogP contribution is 2.41. The van der Waals surface area contributed by atoms with Gasteiger partial charge in [-0.2, -0.15) is 11.8 Å². The fraction of sp³-hybridized carbons (Fsp3) is 0.700. The zero-order chi connectivity index (χ0) is 18.9. The minimum absolute atomic E-state index is 0.0259. The standard InChI is InChI=1S/C20H31N3O2S/c1-20(2,3)23-9-7-15(11-23)19(25)21-17-13-22(18(24)8-10-26-4)12-16(17)14-5-6-14/h7,9,11,14,16-17H,5-6,8,10,12-13H2,1-4H3,(H,21,25)/t16-,17+/m0/s1. The van der Waals surface area contributed by atoms with Gasteiger partial charge in [-0.15, -0.1) is 0 Å². The molecule has 0 bridgehead atoms. The molecule has 0 aromatic carbocycles.